The van der Waals surface area contributed by atoms with Gasteiger partial charge in [-0.3, -0.25) is 10.1 Å². The summed E-state index contributed by atoms with van der Waals surface area (Å²) < 4.78 is 0. The maximum Gasteiger partial charge on any atom is 0.271 e. The maximum atomic E-state index is 10.7. The zero-order chi connectivity index (χ0) is 12.1. The van der Waals surface area contributed by atoms with Crippen LogP contribution in [0.1, 0.15) is 38.5 Å². The topological polar surface area (TPSA) is 55.2 Å². The molecule has 0 heterocycles. The number of nitro groups is 1. The molecule has 2 rings (SSSR count). The van der Waals surface area contributed by atoms with Crippen molar-refractivity contribution in [1.29, 1.82) is 0 Å². The van der Waals surface area contributed by atoms with Crippen LogP contribution in [0, 0.1) is 10.1 Å². The average Bonchev–Trinajstić information content (AvgIpc) is 2.58. The summed E-state index contributed by atoms with van der Waals surface area (Å²) in [5.41, 5.74) is 1.02. The third-order valence-electron chi connectivity index (χ3n) is 3.28. The van der Waals surface area contributed by atoms with E-state index in [0.717, 1.165) is 5.69 Å². The number of nitrogens with one attached hydrogen (secondary N) is 1. The van der Waals surface area contributed by atoms with Gasteiger partial charge in [0.1, 0.15) is 0 Å². The van der Waals surface area contributed by atoms with Crippen LogP contribution in [-0.2, 0) is 0 Å². The second kappa shape index (κ2) is 5.66. The molecular weight excluding hydrogens is 216 g/mol. The molecular formula is C13H18N2O2. The molecule has 0 atom stereocenters. The lowest BCUT2D eigenvalue weighted by atomic mass is 10.1. The first-order valence-corrected chi connectivity index (χ1v) is 6.27. The summed E-state index contributed by atoms with van der Waals surface area (Å²) in [6.45, 7) is 0. The van der Waals surface area contributed by atoms with Crippen LogP contribution in [0.4, 0.5) is 11.4 Å². The van der Waals surface area contributed by atoms with Gasteiger partial charge >= 0.3 is 0 Å². The fraction of sp³-hybridized carbons (Fsp3) is 0.538. The molecule has 1 aromatic rings. The molecule has 0 saturated heterocycles. The first-order valence-electron chi connectivity index (χ1n) is 6.27. The number of anilines is 1. The van der Waals surface area contributed by atoms with Crippen LogP contribution < -0.4 is 5.32 Å². The lowest BCUT2D eigenvalue weighted by Crippen LogP contribution is -2.18. The summed E-state index contributed by atoms with van der Waals surface area (Å²) in [7, 11) is 0. The predicted molar refractivity (Wildman–Crippen MR) is 68.2 cm³/mol. The Bertz CT molecular complexity index is 385. The zero-order valence-corrected chi connectivity index (χ0v) is 9.89. The Labute approximate surface area is 101 Å². The quantitative estimate of drug-likeness (QED) is 0.492. The maximum absolute atomic E-state index is 10.7. The summed E-state index contributed by atoms with van der Waals surface area (Å²) in [5.74, 6) is 0. The molecule has 0 radical (unpaired) electrons. The Kier molecular flexibility index (Phi) is 3.96. The van der Waals surface area contributed by atoms with Crippen molar-refractivity contribution in [3.05, 3.63) is 34.4 Å². The summed E-state index contributed by atoms with van der Waals surface area (Å²) >= 11 is 0. The van der Waals surface area contributed by atoms with Crippen molar-refractivity contribution < 1.29 is 4.92 Å². The van der Waals surface area contributed by atoms with Crippen LogP contribution >= 0.6 is 0 Å². The van der Waals surface area contributed by atoms with Gasteiger partial charge in [0, 0.05) is 23.9 Å². The second-order valence-electron chi connectivity index (χ2n) is 4.64. The molecule has 4 nitrogen and oxygen atoms in total. The minimum Gasteiger partial charge on any atom is -0.382 e. The zero-order valence-electron chi connectivity index (χ0n) is 9.89. The van der Waals surface area contributed by atoms with Gasteiger partial charge in [-0.2, -0.15) is 0 Å². The predicted octanol–water partition coefficient (Wildman–Crippen LogP) is 3.73. The highest BCUT2D eigenvalue weighted by atomic mass is 16.6. The summed E-state index contributed by atoms with van der Waals surface area (Å²) in [4.78, 5) is 10.3. The Hall–Kier alpha value is -1.58. The van der Waals surface area contributed by atoms with E-state index in [4.69, 9.17) is 0 Å². The van der Waals surface area contributed by atoms with Gasteiger partial charge in [-0.05, 0) is 18.9 Å². The van der Waals surface area contributed by atoms with E-state index in [1.165, 1.54) is 44.6 Å². The molecule has 92 valence electrons. The van der Waals surface area contributed by atoms with Gasteiger partial charge < -0.3 is 5.32 Å². The first-order chi connectivity index (χ1) is 8.25. The fourth-order valence-electron chi connectivity index (χ4n) is 2.37. The van der Waals surface area contributed by atoms with Crippen molar-refractivity contribution in [3.8, 4) is 0 Å². The van der Waals surface area contributed by atoms with Crippen LogP contribution in [0.2, 0.25) is 0 Å². The van der Waals surface area contributed by atoms with Crippen LogP contribution in [0.3, 0.4) is 0 Å². The van der Waals surface area contributed by atoms with E-state index in [-0.39, 0.29) is 10.6 Å². The Morgan fingerprint density at radius 2 is 1.88 bits per heavy atom. The number of hydrogen-bond donors (Lipinski definition) is 1. The standard InChI is InChI=1S/C13H18N2O2/c16-15(17)13-9-5-8-12(10-13)14-11-6-3-1-2-4-7-11/h5,8-11,14H,1-4,6-7H2. The second-order valence-corrected chi connectivity index (χ2v) is 4.64. The molecule has 0 bridgehead atoms. The monoisotopic (exact) mass is 234 g/mol. The summed E-state index contributed by atoms with van der Waals surface area (Å²) in [6, 6.07) is 7.25. The van der Waals surface area contributed by atoms with Gasteiger partial charge in [0.15, 0.2) is 0 Å². The SMILES string of the molecule is O=[N+]([O-])c1cccc(NC2CCCCCC2)c1. The van der Waals surface area contributed by atoms with Gasteiger partial charge in [-0.15, -0.1) is 0 Å². The van der Waals surface area contributed by atoms with Crippen LogP contribution in [0.25, 0.3) is 0 Å². The van der Waals surface area contributed by atoms with Crippen LogP contribution in [0.5, 0.6) is 0 Å². The smallest absolute Gasteiger partial charge is 0.271 e. The van der Waals surface area contributed by atoms with Crippen molar-refractivity contribution >= 4 is 11.4 Å². The van der Waals surface area contributed by atoms with Crippen LogP contribution in [0.15, 0.2) is 24.3 Å². The van der Waals surface area contributed by atoms with Gasteiger partial charge in [-0.1, -0.05) is 31.7 Å². The van der Waals surface area contributed by atoms with Gasteiger partial charge in [0.2, 0.25) is 0 Å². The molecule has 17 heavy (non-hydrogen) atoms. The molecule has 1 aliphatic carbocycles. The molecule has 0 amide bonds. The van der Waals surface area contributed by atoms with E-state index < -0.39 is 0 Å². The third-order valence-corrected chi connectivity index (χ3v) is 3.28. The molecule has 1 aliphatic rings. The van der Waals surface area contributed by atoms with Crippen molar-refractivity contribution in [2.24, 2.45) is 0 Å². The highest BCUT2D eigenvalue weighted by molar-refractivity contribution is 5.51. The highest BCUT2D eigenvalue weighted by Crippen LogP contribution is 2.23. The van der Waals surface area contributed by atoms with Crippen molar-refractivity contribution in [2.45, 2.75) is 44.6 Å². The van der Waals surface area contributed by atoms with E-state index >= 15 is 0 Å². The molecule has 0 unspecified atom stereocenters. The number of hydrogen-bond acceptors (Lipinski definition) is 3. The highest BCUT2D eigenvalue weighted by Gasteiger charge is 2.13. The van der Waals surface area contributed by atoms with Gasteiger partial charge in [0.05, 0.1) is 4.92 Å². The molecule has 1 fully saturated rings. The minimum absolute atomic E-state index is 0.156. The number of rotatable bonds is 3. The third kappa shape index (κ3) is 3.44. The van der Waals surface area contributed by atoms with Gasteiger partial charge in [-0.25, -0.2) is 0 Å². The molecule has 4 heteroatoms. The van der Waals surface area contributed by atoms with Gasteiger partial charge in [0.25, 0.3) is 5.69 Å². The number of non-ortho nitro benzene ring substituents is 1. The fourth-order valence-corrected chi connectivity index (χ4v) is 2.37. The number of nitrogens with zero attached hydrogens (tertiary/aromatic N) is 1. The first kappa shape index (κ1) is 11.9. The molecule has 0 aliphatic heterocycles. The molecule has 1 saturated carbocycles. The summed E-state index contributed by atoms with van der Waals surface area (Å²) in [5, 5.41) is 14.1. The number of benzene rings is 1. The van der Waals surface area contributed by atoms with E-state index in [9.17, 15) is 10.1 Å². The normalized spacial score (nSPS) is 17.4. The van der Waals surface area contributed by atoms with Crippen LogP contribution in [-0.4, -0.2) is 11.0 Å². The lowest BCUT2D eigenvalue weighted by molar-refractivity contribution is -0.384. The molecule has 1 aromatic carbocycles. The average molecular weight is 234 g/mol. The molecule has 0 spiro atoms. The van der Waals surface area contributed by atoms with E-state index in [1.54, 1.807) is 12.1 Å². The molecule has 1 N–H and O–H groups in total. The Morgan fingerprint density at radius 3 is 2.53 bits per heavy atom. The van der Waals surface area contributed by atoms with E-state index in [1.807, 2.05) is 6.07 Å². The Morgan fingerprint density at radius 1 is 1.18 bits per heavy atom. The van der Waals surface area contributed by atoms with E-state index in [0.29, 0.717) is 6.04 Å². The largest absolute Gasteiger partial charge is 0.382 e. The van der Waals surface area contributed by atoms with Crippen molar-refractivity contribution in [3.63, 3.8) is 0 Å². The molecule has 0 aromatic heterocycles. The van der Waals surface area contributed by atoms with Crippen molar-refractivity contribution in [1.82, 2.24) is 0 Å². The van der Waals surface area contributed by atoms with Crippen molar-refractivity contribution in [2.75, 3.05) is 5.32 Å². The summed E-state index contributed by atoms with van der Waals surface area (Å²) in [6.07, 6.45) is 7.48. The number of nitro benzene ring substituents is 1. The minimum atomic E-state index is -0.349. The Balaban J connectivity index is 2.01. The lowest BCUT2D eigenvalue weighted by Gasteiger charge is -2.17. The van der Waals surface area contributed by atoms with E-state index in [2.05, 4.69) is 5.32 Å².